The average molecular weight is 357 g/mol. The number of nitrogens with two attached hydrogens (primary N) is 1. The van der Waals surface area contributed by atoms with Crippen LogP contribution in [0.2, 0.25) is 0 Å². The molecule has 0 unspecified atom stereocenters. The van der Waals surface area contributed by atoms with E-state index >= 15 is 0 Å². The van der Waals surface area contributed by atoms with Crippen molar-refractivity contribution in [3.63, 3.8) is 0 Å². The number of carbonyl (C=O) groups is 1. The SMILES string of the molecule is Nc1nc2cccc(-c3ccc(C(=O)NCCc4ccccc4)cc3)n2n1. The van der Waals surface area contributed by atoms with Crippen LogP contribution in [0.1, 0.15) is 15.9 Å². The van der Waals surface area contributed by atoms with Crippen LogP contribution in [-0.2, 0) is 6.42 Å². The molecule has 0 aliphatic carbocycles. The maximum absolute atomic E-state index is 12.3. The molecule has 0 radical (unpaired) electrons. The van der Waals surface area contributed by atoms with Crippen LogP contribution < -0.4 is 11.1 Å². The van der Waals surface area contributed by atoms with Crippen molar-refractivity contribution in [2.75, 3.05) is 12.3 Å². The molecule has 0 atom stereocenters. The lowest BCUT2D eigenvalue weighted by Crippen LogP contribution is -2.25. The summed E-state index contributed by atoms with van der Waals surface area (Å²) in [7, 11) is 0. The first-order valence-corrected chi connectivity index (χ1v) is 8.74. The van der Waals surface area contributed by atoms with Gasteiger partial charge in [-0.3, -0.25) is 4.79 Å². The van der Waals surface area contributed by atoms with Crippen molar-refractivity contribution in [3.8, 4) is 11.3 Å². The van der Waals surface area contributed by atoms with Crippen molar-refractivity contribution in [3.05, 3.63) is 83.9 Å². The summed E-state index contributed by atoms with van der Waals surface area (Å²) >= 11 is 0. The summed E-state index contributed by atoms with van der Waals surface area (Å²) in [6.45, 7) is 0.599. The molecule has 0 fully saturated rings. The largest absolute Gasteiger partial charge is 0.366 e. The highest BCUT2D eigenvalue weighted by atomic mass is 16.1. The summed E-state index contributed by atoms with van der Waals surface area (Å²) < 4.78 is 1.70. The third-order valence-electron chi connectivity index (χ3n) is 4.36. The van der Waals surface area contributed by atoms with Crippen molar-refractivity contribution < 1.29 is 4.79 Å². The summed E-state index contributed by atoms with van der Waals surface area (Å²) in [5.74, 6) is 0.151. The number of carbonyl (C=O) groups excluding carboxylic acids is 1. The van der Waals surface area contributed by atoms with E-state index in [4.69, 9.17) is 5.73 Å². The fourth-order valence-corrected chi connectivity index (χ4v) is 3.00. The maximum atomic E-state index is 12.3. The van der Waals surface area contributed by atoms with Gasteiger partial charge in [-0.15, -0.1) is 5.10 Å². The van der Waals surface area contributed by atoms with Crippen LogP contribution in [0, 0.1) is 0 Å². The van der Waals surface area contributed by atoms with E-state index in [1.165, 1.54) is 5.56 Å². The van der Waals surface area contributed by atoms with Gasteiger partial charge in [-0.1, -0.05) is 48.5 Å². The topological polar surface area (TPSA) is 85.3 Å². The van der Waals surface area contributed by atoms with E-state index in [1.807, 2.05) is 60.7 Å². The normalized spacial score (nSPS) is 10.8. The van der Waals surface area contributed by atoms with Crippen molar-refractivity contribution in [2.24, 2.45) is 0 Å². The molecule has 27 heavy (non-hydrogen) atoms. The summed E-state index contributed by atoms with van der Waals surface area (Å²) in [4.78, 5) is 16.5. The zero-order valence-electron chi connectivity index (χ0n) is 14.7. The Hall–Kier alpha value is -3.67. The molecule has 4 aromatic rings. The van der Waals surface area contributed by atoms with Crippen molar-refractivity contribution in [2.45, 2.75) is 6.42 Å². The lowest BCUT2D eigenvalue weighted by molar-refractivity contribution is 0.0954. The zero-order chi connectivity index (χ0) is 18.6. The number of amides is 1. The molecule has 0 spiro atoms. The molecule has 0 aliphatic heterocycles. The second-order valence-corrected chi connectivity index (χ2v) is 6.22. The highest BCUT2D eigenvalue weighted by Crippen LogP contribution is 2.21. The zero-order valence-corrected chi connectivity index (χ0v) is 14.7. The number of aromatic nitrogens is 3. The number of pyridine rings is 1. The Morgan fingerprint density at radius 1 is 0.963 bits per heavy atom. The number of anilines is 1. The van der Waals surface area contributed by atoms with Crippen LogP contribution >= 0.6 is 0 Å². The smallest absolute Gasteiger partial charge is 0.251 e. The van der Waals surface area contributed by atoms with Crippen LogP contribution in [0.25, 0.3) is 16.9 Å². The maximum Gasteiger partial charge on any atom is 0.251 e. The first-order valence-electron chi connectivity index (χ1n) is 8.74. The lowest BCUT2D eigenvalue weighted by atomic mass is 10.1. The Balaban J connectivity index is 1.46. The van der Waals surface area contributed by atoms with Crippen LogP contribution in [0.3, 0.4) is 0 Å². The van der Waals surface area contributed by atoms with Gasteiger partial charge in [-0.05, 0) is 36.2 Å². The summed E-state index contributed by atoms with van der Waals surface area (Å²) in [6.07, 6.45) is 0.806. The van der Waals surface area contributed by atoms with E-state index in [-0.39, 0.29) is 11.9 Å². The molecule has 2 aromatic carbocycles. The number of benzene rings is 2. The van der Waals surface area contributed by atoms with E-state index in [0.29, 0.717) is 17.8 Å². The number of nitrogens with zero attached hydrogens (tertiary/aromatic N) is 3. The first kappa shape index (κ1) is 16.8. The predicted molar refractivity (Wildman–Crippen MR) is 105 cm³/mol. The molecule has 0 bridgehead atoms. The number of nitrogens with one attached hydrogen (secondary N) is 1. The van der Waals surface area contributed by atoms with Crippen molar-refractivity contribution in [1.29, 1.82) is 0 Å². The highest BCUT2D eigenvalue weighted by Gasteiger charge is 2.09. The van der Waals surface area contributed by atoms with Crippen molar-refractivity contribution in [1.82, 2.24) is 19.9 Å². The number of rotatable bonds is 5. The monoisotopic (exact) mass is 357 g/mol. The number of hydrogen-bond donors (Lipinski definition) is 2. The lowest BCUT2D eigenvalue weighted by Gasteiger charge is -2.07. The molecule has 2 aromatic heterocycles. The van der Waals surface area contributed by atoms with Gasteiger partial charge in [0, 0.05) is 17.7 Å². The van der Waals surface area contributed by atoms with E-state index in [1.54, 1.807) is 4.52 Å². The number of nitrogen functional groups attached to an aromatic ring is 1. The van der Waals surface area contributed by atoms with E-state index in [2.05, 4.69) is 27.5 Å². The van der Waals surface area contributed by atoms with Crippen LogP contribution in [0.5, 0.6) is 0 Å². The van der Waals surface area contributed by atoms with E-state index < -0.39 is 0 Å². The molecular weight excluding hydrogens is 338 g/mol. The Morgan fingerprint density at radius 3 is 2.52 bits per heavy atom. The second-order valence-electron chi connectivity index (χ2n) is 6.22. The summed E-state index contributed by atoms with van der Waals surface area (Å²) in [5, 5.41) is 7.18. The molecule has 0 aliphatic rings. The van der Waals surface area contributed by atoms with Gasteiger partial charge in [0.15, 0.2) is 5.65 Å². The molecule has 0 saturated heterocycles. The van der Waals surface area contributed by atoms with Gasteiger partial charge in [0.1, 0.15) is 0 Å². The number of hydrogen-bond acceptors (Lipinski definition) is 4. The Kier molecular flexibility index (Phi) is 4.53. The van der Waals surface area contributed by atoms with Gasteiger partial charge >= 0.3 is 0 Å². The van der Waals surface area contributed by atoms with Gasteiger partial charge < -0.3 is 11.1 Å². The van der Waals surface area contributed by atoms with E-state index in [0.717, 1.165) is 17.7 Å². The third kappa shape index (κ3) is 3.64. The minimum atomic E-state index is -0.0827. The molecule has 6 heteroatoms. The van der Waals surface area contributed by atoms with Gasteiger partial charge in [-0.2, -0.15) is 4.98 Å². The van der Waals surface area contributed by atoms with Gasteiger partial charge in [0.2, 0.25) is 5.95 Å². The molecule has 1 amide bonds. The minimum Gasteiger partial charge on any atom is -0.366 e. The number of fused-ring (bicyclic) bond motifs is 1. The Labute approximate surface area is 156 Å². The van der Waals surface area contributed by atoms with Crippen LogP contribution in [-0.4, -0.2) is 27.0 Å². The van der Waals surface area contributed by atoms with Gasteiger partial charge in [0.05, 0.1) is 5.69 Å². The standard InChI is InChI=1S/C21H19N5O/c22-21-24-19-8-4-7-18(26(19)25-21)16-9-11-17(12-10-16)20(27)23-14-13-15-5-2-1-3-6-15/h1-12H,13-14H2,(H2,22,25)(H,23,27). The third-order valence-corrected chi connectivity index (χ3v) is 4.36. The van der Waals surface area contributed by atoms with Crippen LogP contribution in [0.15, 0.2) is 72.8 Å². The fraction of sp³-hybridized carbons (Fsp3) is 0.0952. The van der Waals surface area contributed by atoms with Crippen molar-refractivity contribution >= 4 is 17.5 Å². The molecule has 3 N–H and O–H groups in total. The van der Waals surface area contributed by atoms with Crippen LogP contribution in [0.4, 0.5) is 5.95 Å². The second kappa shape index (κ2) is 7.29. The minimum absolute atomic E-state index is 0.0827. The Morgan fingerprint density at radius 2 is 1.74 bits per heavy atom. The Bertz CT molecular complexity index is 1070. The molecule has 0 saturated carbocycles. The van der Waals surface area contributed by atoms with Gasteiger partial charge in [-0.25, -0.2) is 4.52 Å². The summed E-state index contributed by atoms with van der Waals surface area (Å²) in [6, 6.07) is 23.2. The summed E-state index contributed by atoms with van der Waals surface area (Å²) in [5.41, 5.74) is 10.0. The quantitative estimate of drug-likeness (QED) is 0.575. The molecule has 4 rings (SSSR count). The van der Waals surface area contributed by atoms with E-state index in [9.17, 15) is 4.79 Å². The molecule has 134 valence electrons. The van der Waals surface area contributed by atoms with Gasteiger partial charge in [0.25, 0.3) is 5.91 Å². The molecular formula is C21H19N5O. The first-order chi connectivity index (χ1) is 13.2. The highest BCUT2D eigenvalue weighted by molar-refractivity contribution is 5.94. The predicted octanol–water partition coefficient (Wildman–Crippen LogP) is 2.95. The molecule has 6 nitrogen and oxygen atoms in total. The fourth-order valence-electron chi connectivity index (χ4n) is 3.00. The molecule has 2 heterocycles. The average Bonchev–Trinajstić information content (AvgIpc) is 3.09.